The standard InChI is InChI=1S/C14H20N2O2S/c1-19-12-6-4-5-11(9-12)16-13(17)15-10-14(18)7-2-3-8-14/h4-6,9,18H,2-3,7-8,10H2,1H3,(H2,15,16,17). The summed E-state index contributed by atoms with van der Waals surface area (Å²) in [6.07, 6.45) is 5.62. The number of aliphatic hydroxyl groups is 1. The van der Waals surface area contributed by atoms with Gasteiger partial charge in [0.2, 0.25) is 0 Å². The lowest BCUT2D eigenvalue weighted by Crippen LogP contribution is -2.42. The van der Waals surface area contributed by atoms with E-state index < -0.39 is 5.60 Å². The second-order valence-corrected chi connectivity index (χ2v) is 5.85. The van der Waals surface area contributed by atoms with Gasteiger partial charge in [-0.05, 0) is 37.3 Å². The topological polar surface area (TPSA) is 61.4 Å². The number of hydrogen-bond donors (Lipinski definition) is 3. The van der Waals surface area contributed by atoms with Crippen LogP contribution in [0.15, 0.2) is 29.2 Å². The highest BCUT2D eigenvalue weighted by Gasteiger charge is 2.31. The summed E-state index contributed by atoms with van der Waals surface area (Å²) in [5.41, 5.74) is 0.0566. The molecule has 1 saturated carbocycles. The van der Waals surface area contributed by atoms with Crippen molar-refractivity contribution in [1.29, 1.82) is 0 Å². The van der Waals surface area contributed by atoms with Crippen molar-refractivity contribution in [2.45, 2.75) is 36.2 Å². The third kappa shape index (κ3) is 4.14. The van der Waals surface area contributed by atoms with E-state index in [0.29, 0.717) is 6.54 Å². The lowest BCUT2D eigenvalue weighted by molar-refractivity contribution is 0.0506. The quantitative estimate of drug-likeness (QED) is 0.743. The summed E-state index contributed by atoms with van der Waals surface area (Å²) >= 11 is 1.63. The first-order valence-corrected chi connectivity index (χ1v) is 7.75. The minimum Gasteiger partial charge on any atom is -0.388 e. The molecular formula is C14H20N2O2S. The number of urea groups is 1. The molecule has 0 bridgehead atoms. The molecule has 5 heteroatoms. The van der Waals surface area contributed by atoms with E-state index in [1.165, 1.54) is 0 Å². The Morgan fingerprint density at radius 1 is 1.42 bits per heavy atom. The van der Waals surface area contributed by atoms with Crippen molar-refractivity contribution in [3.63, 3.8) is 0 Å². The van der Waals surface area contributed by atoms with Gasteiger partial charge in [0, 0.05) is 17.1 Å². The number of carbonyl (C=O) groups is 1. The van der Waals surface area contributed by atoms with Crippen molar-refractivity contribution in [3.8, 4) is 0 Å². The summed E-state index contributed by atoms with van der Waals surface area (Å²) in [6, 6.07) is 7.41. The molecule has 104 valence electrons. The van der Waals surface area contributed by atoms with Gasteiger partial charge in [-0.25, -0.2) is 4.79 Å². The van der Waals surface area contributed by atoms with Gasteiger partial charge < -0.3 is 15.7 Å². The van der Waals surface area contributed by atoms with Crippen LogP contribution >= 0.6 is 11.8 Å². The number of hydrogen-bond acceptors (Lipinski definition) is 3. The van der Waals surface area contributed by atoms with Gasteiger partial charge in [0.1, 0.15) is 0 Å². The van der Waals surface area contributed by atoms with E-state index in [1.54, 1.807) is 11.8 Å². The van der Waals surface area contributed by atoms with E-state index in [1.807, 2.05) is 30.5 Å². The maximum absolute atomic E-state index is 11.8. The molecule has 19 heavy (non-hydrogen) atoms. The number of carbonyl (C=O) groups excluding carboxylic acids is 1. The van der Waals surface area contributed by atoms with E-state index in [9.17, 15) is 9.90 Å². The third-order valence-corrected chi connectivity index (χ3v) is 4.17. The molecule has 2 rings (SSSR count). The molecule has 2 amide bonds. The molecule has 0 aliphatic heterocycles. The van der Waals surface area contributed by atoms with Gasteiger partial charge >= 0.3 is 6.03 Å². The molecule has 0 radical (unpaired) electrons. The fourth-order valence-corrected chi connectivity index (χ4v) is 2.79. The fourth-order valence-electron chi connectivity index (χ4n) is 2.33. The lowest BCUT2D eigenvalue weighted by atomic mass is 10.0. The van der Waals surface area contributed by atoms with E-state index >= 15 is 0 Å². The molecule has 0 spiro atoms. The number of benzene rings is 1. The first-order valence-electron chi connectivity index (χ1n) is 6.53. The molecule has 0 aromatic heterocycles. The summed E-state index contributed by atoms with van der Waals surface area (Å²) in [5, 5.41) is 15.7. The Balaban J connectivity index is 1.83. The van der Waals surface area contributed by atoms with E-state index in [0.717, 1.165) is 36.3 Å². The van der Waals surface area contributed by atoms with Crippen LogP contribution in [-0.4, -0.2) is 29.5 Å². The lowest BCUT2D eigenvalue weighted by Gasteiger charge is -2.22. The molecule has 1 aromatic carbocycles. The summed E-state index contributed by atoms with van der Waals surface area (Å²) in [4.78, 5) is 12.9. The average Bonchev–Trinajstić information content (AvgIpc) is 2.84. The Morgan fingerprint density at radius 2 is 2.16 bits per heavy atom. The molecule has 0 unspecified atom stereocenters. The Kier molecular flexibility index (Phi) is 4.71. The zero-order chi connectivity index (χ0) is 13.7. The van der Waals surface area contributed by atoms with Crippen molar-refractivity contribution < 1.29 is 9.90 Å². The van der Waals surface area contributed by atoms with Gasteiger partial charge in [-0.3, -0.25) is 0 Å². The summed E-state index contributed by atoms with van der Waals surface area (Å²) in [7, 11) is 0. The summed E-state index contributed by atoms with van der Waals surface area (Å²) < 4.78 is 0. The highest BCUT2D eigenvalue weighted by atomic mass is 32.2. The van der Waals surface area contributed by atoms with Crippen molar-refractivity contribution in [1.82, 2.24) is 5.32 Å². The fraction of sp³-hybridized carbons (Fsp3) is 0.500. The van der Waals surface area contributed by atoms with Gasteiger partial charge in [-0.15, -0.1) is 11.8 Å². The first-order chi connectivity index (χ1) is 9.11. The van der Waals surface area contributed by atoms with Crippen molar-refractivity contribution in [2.75, 3.05) is 18.1 Å². The number of anilines is 1. The van der Waals surface area contributed by atoms with Crippen LogP contribution in [0.2, 0.25) is 0 Å². The third-order valence-electron chi connectivity index (χ3n) is 3.44. The second kappa shape index (κ2) is 6.30. The molecule has 3 N–H and O–H groups in total. The van der Waals surface area contributed by atoms with Gasteiger partial charge in [0.15, 0.2) is 0 Å². The van der Waals surface area contributed by atoms with Crippen LogP contribution in [-0.2, 0) is 0 Å². The van der Waals surface area contributed by atoms with Crippen LogP contribution in [0, 0.1) is 0 Å². The number of rotatable bonds is 4. The van der Waals surface area contributed by atoms with Gasteiger partial charge in [0.25, 0.3) is 0 Å². The maximum Gasteiger partial charge on any atom is 0.319 e. The Bertz CT molecular complexity index is 445. The van der Waals surface area contributed by atoms with Crippen LogP contribution in [0.3, 0.4) is 0 Å². The highest BCUT2D eigenvalue weighted by molar-refractivity contribution is 7.98. The highest BCUT2D eigenvalue weighted by Crippen LogP contribution is 2.28. The van der Waals surface area contributed by atoms with Crippen molar-refractivity contribution >= 4 is 23.5 Å². The van der Waals surface area contributed by atoms with Crippen LogP contribution in [0.4, 0.5) is 10.5 Å². The minimum absolute atomic E-state index is 0.265. The number of nitrogens with one attached hydrogen (secondary N) is 2. The first kappa shape index (κ1) is 14.2. The van der Waals surface area contributed by atoms with Crippen molar-refractivity contribution in [3.05, 3.63) is 24.3 Å². The molecule has 4 nitrogen and oxygen atoms in total. The smallest absolute Gasteiger partial charge is 0.319 e. The normalized spacial score (nSPS) is 17.2. The largest absolute Gasteiger partial charge is 0.388 e. The van der Waals surface area contributed by atoms with Crippen molar-refractivity contribution in [2.24, 2.45) is 0 Å². The molecule has 1 aliphatic carbocycles. The van der Waals surface area contributed by atoms with Crippen LogP contribution in [0.1, 0.15) is 25.7 Å². The van der Waals surface area contributed by atoms with Crippen LogP contribution in [0.25, 0.3) is 0 Å². The zero-order valence-electron chi connectivity index (χ0n) is 11.1. The molecule has 1 aromatic rings. The van der Waals surface area contributed by atoms with Gasteiger partial charge in [-0.1, -0.05) is 18.9 Å². The number of amides is 2. The predicted molar refractivity (Wildman–Crippen MR) is 78.7 cm³/mol. The second-order valence-electron chi connectivity index (χ2n) is 4.97. The van der Waals surface area contributed by atoms with Crippen LogP contribution < -0.4 is 10.6 Å². The average molecular weight is 280 g/mol. The Morgan fingerprint density at radius 3 is 2.84 bits per heavy atom. The molecule has 0 saturated heterocycles. The SMILES string of the molecule is CSc1cccc(NC(=O)NCC2(O)CCCC2)c1. The minimum atomic E-state index is -0.710. The molecular weight excluding hydrogens is 260 g/mol. The molecule has 0 heterocycles. The van der Waals surface area contributed by atoms with E-state index in [2.05, 4.69) is 10.6 Å². The molecule has 1 fully saturated rings. The number of thioether (sulfide) groups is 1. The summed E-state index contributed by atoms with van der Waals surface area (Å²) in [5.74, 6) is 0. The monoisotopic (exact) mass is 280 g/mol. The zero-order valence-corrected chi connectivity index (χ0v) is 11.9. The van der Waals surface area contributed by atoms with E-state index in [-0.39, 0.29) is 6.03 Å². The molecule has 1 aliphatic rings. The van der Waals surface area contributed by atoms with Gasteiger partial charge in [0.05, 0.1) is 5.60 Å². The van der Waals surface area contributed by atoms with E-state index in [4.69, 9.17) is 0 Å². The van der Waals surface area contributed by atoms with Crippen LogP contribution in [0.5, 0.6) is 0 Å². The predicted octanol–water partition coefficient (Wildman–Crippen LogP) is 2.84. The van der Waals surface area contributed by atoms with Gasteiger partial charge in [-0.2, -0.15) is 0 Å². The maximum atomic E-state index is 11.8. The molecule has 0 atom stereocenters. The Labute approximate surface area is 118 Å². The summed E-state index contributed by atoms with van der Waals surface area (Å²) in [6.45, 7) is 0.320. The Hall–Kier alpha value is -1.20.